The zero-order chi connectivity index (χ0) is 19.8. The lowest BCUT2D eigenvalue weighted by Crippen LogP contribution is -2.44. The van der Waals surface area contributed by atoms with E-state index in [0.717, 1.165) is 18.0 Å². The SMILES string of the molecule is C[C@H]1SC(N)=N[C@](C)(c2cc(CC(=O)c3coc(CF)n3)ccc2F)[C@H]1F. The molecule has 0 fully saturated rings. The van der Waals surface area contributed by atoms with Gasteiger partial charge in [0.1, 0.15) is 29.5 Å². The molecule has 0 aliphatic carbocycles. The lowest BCUT2D eigenvalue weighted by molar-refractivity contribution is 0.0988. The lowest BCUT2D eigenvalue weighted by Gasteiger charge is -2.37. The van der Waals surface area contributed by atoms with E-state index in [1.165, 1.54) is 25.1 Å². The number of thioether (sulfide) groups is 1. The van der Waals surface area contributed by atoms with Crippen molar-refractivity contribution >= 4 is 22.7 Å². The topological polar surface area (TPSA) is 81.5 Å². The van der Waals surface area contributed by atoms with Gasteiger partial charge in [0, 0.05) is 17.2 Å². The van der Waals surface area contributed by atoms with Gasteiger partial charge < -0.3 is 10.2 Å². The highest BCUT2D eigenvalue weighted by atomic mass is 32.2. The summed E-state index contributed by atoms with van der Waals surface area (Å²) in [4.78, 5) is 20.2. The molecular weight excluding hydrogens is 379 g/mol. The average Bonchev–Trinajstić information content (AvgIpc) is 3.10. The van der Waals surface area contributed by atoms with Gasteiger partial charge in [0.25, 0.3) is 0 Å². The van der Waals surface area contributed by atoms with Crippen molar-refractivity contribution in [3.8, 4) is 0 Å². The average molecular weight is 397 g/mol. The molecule has 1 aromatic carbocycles. The van der Waals surface area contributed by atoms with Crippen molar-refractivity contribution < 1.29 is 22.4 Å². The molecule has 1 aromatic heterocycles. The van der Waals surface area contributed by atoms with Crippen LogP contribution in [0.5, 0.6) is 0 Å². The summed E-state index contributed by atoms with van der Waals surface area (Å²) in [5, 5.41) is -0.312. The first-order valence-electron chi connectivity index (χ1n) is 8.23. The Morgan fingerprint density at radius 3 is 2.85 bits per heavy atom. The fraction of sp³-hybridized carbons (Fsp3) is 0.389. The quantitative estimate of drug-likeness (QED) is 0.778. The number of nitrogens with zero attached hydrogens (tertiary/aromatic N) is 2. The Morgan fingerprint density at radius 1 is 1.44 bits per heavy atom. The molecule has 0 saturated carbocycles. The van der Waals surface area contributed by atoms with Gasteiger partial charge in [-0.2, -0.15) is 0 Å². The van der Waals surface area contributed by atoms with Gasteiger partial charge in [-0.1, -0.05) is 17.8 Å². The number of ketones is 1. The van der Waals surface area contributed by atoms with Gasteiger partial charge in [0.2, 0.25) is 5.89 Å². The zero-order valence-corrected chi connectivity index (χ0v) is 15.5. The van der Waals surface area contributed by atoms with Gasteiger partial charge in [-0.3, -0.25) is 4.79 Å². The third kappa shape index (κ3) is 3.73. The van der Waals surface area contributed by atoms with Gasteiger partial charge in [-0.15, -0.1) is 0 Å². The Kier molecular flexibility index (Phi) is 5.32. The maximum atomic E-state index is 14.9. The maximum Gasteiger partial charge on any atom is 0.226 e. The summed E-state index contributed by atoms with van der Waals surface area (Å²) in [6.45, 7) is 2.23. The highest BCUT2D eigenvalue weighted by Gasteiger charge is 2.45. The van der Waals surface area contributed by atoms with Crippen LogP contribution in [-0.4, -0.2) is 27.4 Å². The highest BCUT2D eigenvalue weighted by Crippen LogP contribution is 2.42. The molecule has 5 nitrogen and oxygen atoms in total. The fourth-order valence-electron chi connectivity index (χ4n) is 3.08. The van der Waals surface area contributed by atoms with Crippen LogP contribution in [0.2, 0.25) is 0 Å². The van der Waals surface area contributed by atoms with Crippen molar-refractivity contribution in [3.05, 3.63) is 53.0 Å². The van der Waals surface area contributed by atoms with Gasteiger partial charge in [0.05, 0.1) is 0 Å². The number of carbonyl (C=O) groups is 1. The molecule has 0 saturated heterocycles. The number of nitrogens with two attached hydrogens (primary N) is 1. The van der Waals surface area contributed by atoms with Crippen molar-refractivity contribution in [1.82, 2.24) is 4.98 Å². The smallest absolute Gasteiger partial charge is 0.226 e. The summed E-state index contributed by atoms with van der Waals surface area (Å²) in [6, 6.07) is 4.01. The first-order chi connectivity index (χ1) is 12.7. The fourth-order valence-corrected chi connectivity index (χ4v) is 4.09. The van der Waals surface area contributed by atoms with E-state index in [9.17, 15) is 18.0 Å². The first-order valence-corrected chi connectivity index (χ1v) is 9.11. The summed E-state index contributed by atoms with van der Waals surface area (Å²) in [5.41, 5.74) is 4.75. The Labute approximate surface area is 158 Å². The number of alkyl halides is 2. The van der Waals surface area contributed by atoms with E-state index in [2.05, 4.69) is 9.98 Å². The zero-order valence-electron chi connectivity index (χ0n) is 14.7. The van der Waals surface area contributed by atoms with Crippen LogP contribution in [0.4, 0.5) is 13.2 Å². The van der Waals surface area contributed by atoms with Crippen LogP contribution in [0.15, 0.2) is 33.9 Å². The normalized spacial score (nSPS) is 25.3. The number of hydrogen-bond acceptors (Lipinski definition) is 6. The Hall–Kier alpha value is -2.29. The van der Waals surface area contributed by atoms with E-state index in [1.54, 1.807) is 6.92 Å². The summed E-state index contributed by atoms with van der Waals surface area (Å²) in [7, 11) is 0. The molecule has 3 rings (SSSR count). The third-order valence-corrected chi connectivity index (χ3v) is 5.43. The van der Waals surface area contributed by atoms with E-state index < -0.39 is 35.2 Å². The van der Waals surface area contributed by atoms with E-state index in [0.29, 0.717) is 5.56 Å². The second-order valence-electron chi connectivity index (χ2n) is 6.50. The molecule has 1 aliphatic heterocycles. The van der Waals surface area contributed by atoms with E-state index in [-0.39, 0.29) is 28.7 Å². The van der Waals surface area contributed by atoms with Crippen LogP contribution in [0.1, 0.15) is 41.4 Å². The lowest BCUT2D eigenvalue weighted by atomic mass is 9.84. The highest BCUT2D eigenvalue weighted by molar-refractivity contribution is 8.14. The molecular formula is C18H18F3N3O2S. The summed E-state index contributed by atoms with van der Waals surface area (Å²) < 4.78 is 46.7. The molecule has 9 heteroatoms. The summed E-state index contributed by atoms with van der Waals surface area (Å²) in [5.74, 6) is -1.24. The number of aromatic nitrogens is 1. The molecule has 1 aliphatic rings. The van der Waals surface area contributed by atoms with Crippen LogP contribution < -0.4 is 5.73 Å². The van der Waals surface area contributed by atoms with E-state index in [1.807, 2.05) is 0 Å². The number of benzene rings is 1. The summed E-state index contributed by atoms with van der Waals surface area (Å²) in [6.07, 6.45) is -0.508. The number of hydrogen-bond donors (Lipinski definition) is 1. The van der Waals surface area contributed by atoms with Crippen LogP contribution in [-0.2, 0) is 18.6 Å². The van der Waals surface area contributed by atoms with Gasteiger partial charge >= 0.3 is 0 Å². The molecule has 3 atom stereocenters. The number of halogens is 3. The number of rotatable bonds is 5. The molecule has 0 amide bonds. The van der Waals surface area contributed by atoms with Crippen molar-refractivity contribution in [1.29, 1.82) is 0 Å². The number of Topliss-reactive ketones (excluding diaryl/α,β-unsaturated/α-hetero) is 1. The Morgan fingerprint density at radius 2 is 2.19 bits per heavy atom. The minimum atomic E-state index is -1.49. The van der Waals surface area contributed by atoms with Gasteiger partial charge in [-0.05, 0) is 31.5 Å². The van der Waals surface area contributed by atoms with E-state index >= 15 is 0 Å². The molecule has 0 radical (unpaired) electrons. The van der Waals surface area contributed by atoms with Crippen LogP contribution in [0.3, 0.4) is 0 Å². The van der Waals surface area contributed by atoms with Crippen LogP contribution in [0, 0.1) is 5.82 Å². The largest absolute Gasteiger partial charge is 0.445 e. The second kappa shape index (κ2) is 7.38. The molecule has 2 heterocycles. The molecule has 0 spiro atoms. The minimum absolute atomic E-state index is 0.0203. The van der Waals surface area contributed by atoms with Crippen molar-refractivity contribution in [2.75, 3.05) is 0 Å². The molecule has 27 heavy (non-hydrogen) atoms. The predicted octanol–water partition coefficient (Wildman–Crippen LogP) is 3.71. The van der Waals surface area contributed by atoms with Crippen molar-refractivity contribution in [2.45, 2.75) is 43.9 Å². The van der Waals surface area contributed by atoms with Gasteiger partial charge in [0.15, 0.2) is 17.6 Å². The third-order valence-electron chi connectivity index (χ3n) is 4.49. The Balaban J connectivity index is 1.92. The number of amidine groups is 1. The van der Waals surface area contributed by atoms with E-state index in [4.69, 9.17) is 10.2 Å². The van der Waals surface area contributed by atoms with Crippen LogP contribution in [0.25, 0.3) is 0 Å². The summed E-state index contributed by atoms with van der Waals surface area (Å²) >= 11 is 1.10. The molecule has 0 unspecified atom stereocenters. The number of carbonyl (C=O) groups excluding carboxylic acids is 1. The predicted molar refractivity (Wildman–Crippen MR) is 96.7 cm³/mol. The molecule has 0 bridgehead atoms. The number of aliphatic imine (C=N–C) groups is 1. The minimum Gasteiger partial charge on any atom is -0.445 e. The Bertz CT molecular complexity index is 902. The van der Waals surface area contributed by atoms with Crippen molar-refractivity contribution in [3.63, 3.8) is 0 Å². The molecule has 2 N–H and O–H groups in total. The molecule has 144 valence electrons. The number of oxazole rings is 1. The van der Waals surface area contributed by atoms with Crippen LogP contribution >= 0.6 is 11.8 Å². The molecule has 2 aromatic rings. The monoisotopic (exact) mass is 397 g/mol. The van der Waals surface area contributed by atoms with Crippen molar-refractivity contribution in [2.24, 2.45) is 10.7 Å². The maximum absolute atomic E-state index is 14.9. The van der Waals surface area contributed by atoms with Gasteiger partial charge in [-0.25, -0.2) is 23.1 Å². The second-order valence-corrected chi connectivity index (χ2v) is 7.89. The standard InChI is InChI=1S/C18H18F3N3O2S/c1-9-16(21)18(2,24-17(22)27-9)11-5-10(3-4-12(11)20)6-14(25)13-8-26-15(7-19)23-13/h3-5,8-9,16H,6-7H2,1-2H3,(H2,22,24)/t9-,16+,18-/m1/s1. The first kappa shape index (κ1) is 19.5.